The number of carboxylic acids is 2. The van der Waals surface area contributed by atoms with E-state index < -0.39 is 57.0 Å². The van der Waals surface area contributed by atoms with Crippen molar-refractivity contribution in [3.8, 4) is 0 Å². The van der Waals surface area contributed by atoms with E-state index in [-0.39, 0.29) is 41.6 Å². The van der Waals surface area contributed by atoms with E-state index in [1.807, 2.05) is 0 Å². The van der Waals surface area contributed by atoms with Crippen molar-refractivity contribution in [2.24, 2.45) is 5.92 Å². The normalized spacial score (nSPS) is 23.3. The maximum atomic E-state index is 13.4. The summed E-state index contributed by atoms with van der Waals surface area (Å²) in [5, 5.41) is 25.5. The summed E-state index contributed by atoms with van der Waals surface area (Å²) in [5.74, 6) is -2.53. The molecule has 6 N–H and O–H groups in total. The SMILES string of the molecule is C[C@H](N[C@@H](COCc1ccc(CNS(=O)(=O)c2cc3c(cc2Cl)NC(C(Cl)Cl)NS3)cc1)C(=O)O)C(=O)N1C2CCCCC2C[C@H]1C(=O)O. The maximum absolute atomic E-state index is 13.4. The molecule has 2 aliphatic heterocycles. The quantitative estimate of drug-likeness (QED) is 0.119. The smallest absolute Gasteiger partial charge is 0.326 e. The first-order valence-electron chi connectivity index (χ1n) is 15.7. The molecule has 13 nitrogen and oxygen atoms in total. The minimum atomic E-state index is -3.98. The van der Waals surface area contributed by atoms with Crippen LogP contribution in [0.1, 0.15) is 50.2 Å². The molecule has 3 unspecified atom stereocenters. The zero-order chi connectivity index (χ0) is 35.5. The molecule has 2 aromatic rings. The molecule has 1 aliphatic carbocycles. The van der Waals surface area contributed by atoms with Crippen LogP contribution in [0.5, 0.6) is 0 Å². The zero-order valence-corrected chi connectivity index (χ0v) is 30.3. The molecule has 0 spiro atoms. The van der Waals surface area contributed by atoms with Crippen molar-refractivity contribution in [2.75, 3.05) is 11.9 Å². The van der Waals surface area contributed by atoms with Crippen LogP contribution in [0.2, 0.25) is 5.02 Å². The Morgan fingerprint density at radius 1 is 1.10 bits per heavy atom. The number of carbonyl (C=O) groups excluding carboxylic acids is 1. The van der Waals surface area contributed by atoms with Gasteiger partial charge in [-0.15, -0.1) is 23.2 Å². The van der Waals surface area contributed by atoms with Gasteiger partial charge < -0.3 is 25.2 Å². The summed E-state index contributed by atoms with van der Waals surface area (Å²) in [6.45, 7) is 1.35. The largest absolute Gasteiger partial charge is 0.480 e. The van der Waals surface area contributed by atoms with Gasteiger partial charge >= 0.3 is 11.9 Å². The first-order valence-corrected chi connectivity index (χ1v) is 19.3. The second-order valence-electron chi connectivity index (χ2n) is 12.3. The molecule has 5 rings (SSSR count). The molecule has 2 aromatic carbocycles. The van der Waals surface area contributed by atoms with E-state index in [1.54, 1.807) is 31.2 Å². The Hall–Kier alpha value is -2.34. The number of ether oxygens (including phenoxy) is 1. The number of nitrogens with zero attached hydrogens (tertiary/aromatic N) is 1. The number of rotatable bonds is 14. The Morgan fingerprint density at radius 3 is 2.47 bits per heavy atom. The van der Waals surface area contributed by atoms with Crippen LogP contribution in [-0.4, -0.2) is 83.2 Å². The molecule has 1 saturated heterocycles. The summed E-state index contributed by atoms with van der Waals surface area (Å²) in [7, 11) is -3.98. The van der Waals surface area contributed by atoms with Gasteiger partial charge in [0.05, 0.1) is 30.0 Å². The van der Waals surface area contributed by atoms with E-state index in [1.165, 1.54) is 29.0 Å². The molecule has 2 heterocycles. The first-order chi connectivity index (χ1) is 23.2. The third-order valence-electron chi connectivity index (χ3n) is 8.97. The Kier molecular flexibility index (Phi) is 12.6. The fourth-order valence-electron chi connectivity index (χ4n) is 6.47. The van der Waals surface area contributed by atoms with E-state index in [4.69, 9.17) is 39.5 Å². The second-order valence-corrected chi connectivity index (χ2v) is 16.5. The molecule has 1 amide bonds. The average molecular weight is 779 g/mol. The van der Waals surface area contributed by atoms with Gasteiger partial charge in [0.25, 0.3) is 0 Å². The highest BCUT2D eigenvalue weighted by atomic mass is 35.5. The molecule has 2 fully saturated rings. The number of amides is 1. The van der Waals surface area contributed by atoms with Crippen LogP contribution in [0, 0.1) is 5.92 Å². The van der Waals surface area contributed by atoms with E-state index in [9.17, 15) is 33.0 Å². The maximum Gasteiger partial charge on any atom is 0.326 e. The first kappa shape index (κ1) is 37.9. The molecule has 18 heteroatoms. The van der Waals surface area contributed by atoms with Gasteiger partial charge in [-0.25, -0.2) is 22.7 Å². The summed E-state index contributed by atoms with van der Waals surface area (Å²) >= 11 is 19.4. The van der Waals surface area contributed by atoms with Crippen molar-refractivity contribution in [1.29, 1.82) is 0 Å². The van der Waals surface area contributed by atoms with Crippen molar-refractivity contribution in [2.45, 2.75) is 97.1 Å². The number of sulfonamides is 1. The fourth-order valence-corrected chi connectivity index (χ4v) is 9.36. The van der Waals surface area contributed by atoms with Crippen LogP contribution >= 0.6 is 46.8 Å². The molecule has 1 saturated carbocycles. The number of nitrogens with one attached hydrogen (secondary N) is 4. The van der Waals surface area contributed by atoms with E-state index in [0.717, 1.165) is 25.7 Å². The fraction of sp³-hybridized carbons (Fsp3) is 0.516. The number of aliphatic carboxylic acids is 2. The Labute approximate surface area is 303 Å². The number of carbonyl (C=O) groups is 3. The molecule has 268 valence electrons. The summed E-state index contributed by atoms with van der Waals surface area (Å²) in [5.41, 5.74) is 1.98. The van der Waals surface area contributed by atoms with E-state index in [0.29, 0.717) is 28.1 Å². The van der Waals surface area contributed by atoms with Gasteiger partial charge in [-0.05, 0) is 67.3 Å². The Bertz CT molecular complexity index is 1650. The average Bonchev–Trinajstić information content (AvgIpc) is 3.46. The van der Waals surface area contributed by atoms with E-state index >= 15 is 0 Å². The Balaban J connectivity index is 1.12. The van der Waals surface area contributed by atoms with Crippen molar-refractivity contribution in [1.82, 2.24) is 19.7 Å². The number of hydrogen-bond acceptors (Lipinski definition) is 10. The number of fused-ring (bicyclic) bond motifs is 2. The van der Waals surface area contributed by atoms with Gasteiger partial charge in [0.1, 0.15) is 28.0 Å². The minimum Gasteiger partial charge on any atom is -0.480 e. The molecule has 6 atom stereocenters. The molecule has 0 aromatic heterocycles. The van der Waals surface area contributed by atoms with Gasteiger partial charge in [0, 0.05) is 17.5 Å². The van der Waals surface area contributed by atoms with Crippen molar-refractivity contribution in [3.63, 3.8) is 0 Å². The highest BCUT2D eigenvalue weighted by Gasteiger charge is 2.48. The number of hydrogen-bond donors (Lipinski definition) is 6. The second kappa shape index (κ2) is 16.3. The number of halogens is 3. The topological polar surface area (TPSA) is 186 Å². The monoisotopic (exact) mass is 777 g/mol. The van der Waals surface area contributed by atoms with Crippen LogP contribution < -0.4 is 20.1 Å². The van der Waals surface area contributed by atoms with Crippen molar-refractivity contribution >= 4 is 80.3 Å². The van der Waals surface area contributed by atoms with Crippen molar-refractivity contribution in [3.05, 3.63) is 52.5 Å². The third-order valence-corrected chi connectivity index (χ3v) is 12.3. The summed E-state index contributed by atoms with van der Waals surface area (Å²) in [4.78, 5) is 38.6. The molecular formula is C31H38Cl3N5O8S2. The summed E-state index contributed by atoms with van der Waals surface area (Å²) in [6, 6.07) is 6.67. The van der Waals surface area contributed by atoms with Gasteiger partial charge in [0.2, 0.25) is 15.9 Å². The van der Waals surface area contributed by atoms with Crippen LogP contribution in [-0.2, 0) is 42.3 Å². The highest BCUT2D eigenvalue weighted by Crippen LogP contribution is 2.40. The highest BCUT2D eigenvalue weighted by molar-refractivity contribution is 7.97. The number of benzene rings is 2. The predicted octanol–water partition coefficient (Wildman–Crippen LogP) is 4.16. The number of likely N-dealkylation sites (tertiary alicyclic amines) is 1. The van der Waals surface area contributed by atoms with Gasteiger partial charge in [-0.2, -0.15) is 0 Å². The van der Waals surface area contributed by atoms with Gasteiger partial charge in [-0.1, -0.05) is 48.7 Å². The van der Waals surface area contributed by atoms with Crippen LogP contribution in [0.4, 0.5) is 5.69 Å². The summed E-state index contributed by atoms with van der Waals surface area (Å²) < 4.78 is 37.4. The lowest BCUT2D eigenvalue weighted by Crippen LogP contribution is -2.56. The number of carboxylic acid groups (broad SMARTS) is 2. The van der Waals surface area contributed by atoms with Crippen LogP contribution in [0.3, 0.4) is 0 Å². The molecular weight excluding hydrogens is 741 g/mol. The summed E-state index contributed by atoms with van der Waals surface area (Å²) in [6.07, 6.45) is 3.53. The van der Waals surface area contributed by atoms with E-state index in [2.05, 4.69) is 20.1 Å². The van der Waals surface area contributed by atoms with Crippen LogP contribution in [0.15, 0.2) is 46.2 Å². The standard InChI is InChI=1S/C31H38Cl3N5O8S2/c1-16(29(40)39-23-5-3-2-4-19(23)10-24(39)31(43)44)36-22(30(41)42)15-47-14-18-8-6-17(7-9-18)13-35-49(45,46)26-12-25-21(11-20(26)32)37-28(27(33)34)38-48-25/h6-9,11-12,16,19,22-24,27-28,35-38H,2-5,10,13-15H2,1H3,(H,41,42)(H,43,44)/t16-,19?,22-,23?,24-,28?/m0/s1. The molecule has 0 radical (unpaired) electrons. The molecule has 0 bridgehead atoms. The van der Waals surface area contributed by atoms with Gasteiger partial charge in [-0.3, -0.25) is 14.9 Å². The third kappa shape index (κ3) is 9.13. The predicted molar refractivity (Wildman–Crippen MR) is 186 cm³/mol. The zero-order valence-electron chi connectivity index (χ0n) is 26.4. The number of alkyl halides is 2. The van der Waals surface area contributed by atoms with Crippen LogP contribution in [0.25, 0.3) is 0 Å². The van der Waals surface area contributed by atoms with Crippen molar-refractivity contribution < 1.29 is 37.8 Å². The number of anilines is 1. The Morgan fingerprint density at radius 2 is 1.80 bits per heavy atom. The lowest BCUT2D eigenvalue weighted by atomic mass is 9.84. The lowest BCUT2D eigenvalue weighted by molar-refractivity contribution is -0.151. The molecule has 3 aliphatic rings. The molecule has 49 heavy (non-hydrogen) atoms. The van der Waals surface area contributed by atoms with Gasteiger partial charge in [0.15, 0.2) is 0 Å². The minimum absolute atomic E-state index is 0.0128. The lowest BCUT2D eigenvalue weighted by Gasteiger charge is -2.35.